The van der Waals surface area contributed by atoms with E-state index in [4.69, 9.17) is 10.2 Å². The molecule has 21 heavy (non-hydrogen) atoms. The number of carbonyl (C=O) groups excluding carboxylic acids is 1. The molecule has 0 aromatic heterocycles. The molecule has 0 aliphatic rings. The summed E-state index contributed by atoms with van der Waals surface area (Å²) in [6.07, 6.45) is -0.390. The molecular formula is C11H10F2N2O6. The van der Waals surface area contributed by atoms with E-state index in [0.717, 1.165) is 0 Å². The quantitative estimate of drug-likeness (QED) is 0.516. The highest BCUT2D eigenvalue weighted by atomic mass is 19.1. The number of aliphatic hydroxyl groups is 1. The number of nitro groups is 1. The van der Waals surface area contributed by atoms with Gasteiger partial charge in [-0.15, -0.1) is 0 Å². The third-order valence-electron chi connectivity index (χ3n) is 2.52. The molecule has 10 heteroatoms. The van der Waals surface area contributed by atoms with E-state index >= 15 is 0 Å². The molecule has 0 aliphatic carbocycles. The molecule has 1 rings (SSSR count). The number of nitrogens with one attached hydrogen (secondary N) is 1. The van der Waals surface area contributed by atoms with Crippen LogP contribution in [0.25, 0.3) is 0 Å². The number of rotatable bonds is 6. The number of benzene rings is 1. The number of hydrogen-bond acceptors (Lipinski definition) is 5. The number of carbonyl (C=O) groups is 2. The molecule has 3 N–H and O–H groups in total. The second-order valence-corrected chi connectivity index (χ2v) is 3.89. The summed E-state index contributed by atoms with van der Waals surface area (Å²) >= 11 is 0. The molecule has 0 aliphatic heterocycles. The number of nitro benzene ring substituents is 1. The molecule has 0 fully saturated rings. The van der Waals surface area contributed by atoms with E-state index in [-0.39, 0.29) is 6.42 Å². The van der Waals surface area contributed by atoms with Crippen molar-refractivity contribution in [3.05, 3.63) is 39.4 Å². The van der Waals surface area contributed by atoms with Gasteiger partial charge in [0.2, 0.25) is 5.82 Å². The van der Waals surface area contributed by atoms with Crippen molar-refractivity contribution in [1.82, 2.24) is 5.32 Å². The molecule has 1 aromatic carbocycles. The Morgan fingerprint density at radius 2 is 2.00 bits per heavy atom. The predicted molar refractivity (Wildman–Crippen MR) is 63.6 cm³/mol. The van der Waals surface area contributed by atoms with Gasteiger partial charge in [-0.1, -0.05) is 0 Å². The third-order valence-corrected chi connectivity index (χ3v) is 2.52. The number of amides is 1. The van der Waals surface area contributed by atoms with Crippen molar-refractivity contribution in [2.24, 2.45) is 0 Å². The van der Waals surface area contributed by atoms with Gasteiger partial charge >= 0.3 is 11.7 Å². The lowest BCUT2D eigenvalue weighted by molar-refractivity contribution is -0.387. The van der Waals surface area contributed by atoms with E-state index in [1.165, 1.54) is 0 Å². The van der Waals surface area contributed by atoms with E-state index in [1.807, 2.05) is 0 Å². The Bertz CT molecular complexity index is 592. The highest BCUT2D eigenvalue weighted by Crippen LogP contribution is 2.23. The van der Waals surface area contributed by atoms with Gasteiger partial charge in [0.15, 0.2) is 0 Å². The van der Waals surface area contributed by atoms with Crippen LogP contribution in [-0.4, -0.2) is 39.7 Å². The van der Waals surface area contributed by atoms with E-state index in [0.29, 0.717) is 12.1 Å². The number of carboxylic acids is 1. The van der Waals surface area contributed by atoms with Crippen LogP contribution in [0.1, 0.15) is 16.8 Å². The summed E-state index contributed by atoms with van der Waals surface area (Å²) in [5.74, 6) is -6.06. The number of aliphatic carboxylic acids is 1. The highest BCUT2D eigenvalue weighted by Gasteiger charge is 2.29. The van der Waals surface area contributed by atoms with E-state index in [2.05, 4.69) is 0 Å². The number of hydrogen-bond donors (Lipinski definition) is 3. The van der Waals surface area contributed by atoms with Gasteiger partial charge in [-0.25, -0.2) is 9.18 Å². The molecule has 0 radical (unpaired) electrons. The van der Waals surface area contributed by atoms with Crippen LogP contribution in [0.3, 0.4) is 0 Å². The van der Waals surface area contributed by atoms with Gasteiger partial charge in [0.25, 0.3) is 5.91 Å². The van der Waals surface area contributed by atoms with Crippen LogP contribution < -0.4 is 5.32 Å². The minimum absolute atomic E-state index is 0.390. The number of nitrogens with zero attached hydrogens (tertiary/aromatic N) is 1. The standard InChI is InChI=1S/C11H10F2N2O6/c12-5-1-2-7(15(20)21)9(13)8(5)10(17)14-6(3-4-16)11(18)19/h1-2,6,16H,3-4H2,(H,14,17)(H,18,19). The van der Waals surface area contributed by atoms with E-state index in [1.54, 1.807) is 5.32 Å². The van der Waals surface area contributed by atoms with Crippen LogP contribution in [0.4, 0.5) is 14.5 Å². The minimum atomic E-state index is -1.70. The Morgan fingerprint density at radius 1 is 1.38 bits per heavy atom. The molecular weight excluding hydrogens is 294 g/mol. The zero-order chi connectivity index (χ0) is 16.2. The van der Waals surface area contributed by atoms with Crippen molar-refractivity contribution in [3.63, 3.8) is 0 Å². The topological polar surface area (TPSA) is 130 Å². The molecule has 0 heterocycles. The summed E-state index contributed by atoms with van der Waals surface area (Å²) < 4.78 is 27.2. The fourth-order valence-corrected chi connectivity index (χ4v) is 1.51. The number of aliphatic hydroxyl groups excluding tert-OH is 1. The van der Waals surface area contributed by atoms with Crippen LogP contribution in [0.5, 0.6) is 0 Å². The van der Waals surface area contributed by atoms with Crippen molar-refractivity contribution < 1.29 is 33.5 Å². The molecule has 1 unspecified atom stereocenters. The van der Waals surface area contributed by atoms with Crippen molar-refractivity contribution >= 4 is 17.6 Å². The first-order chi connectivity index (χ1) is 9.79. The third kappa shape index (κ3) is 3.69. The van der Waals surface area contributed by atoms with Crippen molar-refractivity contribution in [2.75, 3.05) is 6.61 Å². The molecule has 8 nitrogen and oxygen atoms in total. The van der Waals surface area contributed by atoms with E-state index < -0.39 is 52.3 Å². The first-order valence-electron chi connectivity index (χ1n) is 5.56. The predicted octanol–water partition coefficient (Wildman–Crippen LogP) is 0.438. The summed E-state index contributed by atoms with van der Waals surface area (Å²) in [4.78, 5) is 31.9. The van der Waals surface area contributed by atoms with Crippen LogP contribution in [0, 0.1) is 21.7 Å². The van der Waals surface area contributed by atoms with E-state index in [9.17, 15) is 28.5 Å². The van der Waals surface area contributed by atoms with Gasteiger partial charge in [-0.3, -0.25) is 14.9 Å². The first kappa shape index (κ1) is 16.4. The summed E-state index contributed by atoms with van der Waals surface area (Å²) in [5, 5.41) is 29.7. The van der Waals surface area contributed by atoms with Gasteiger partial charge in [-0.05, 0) is 6.07 Å². The molecule has 0 bridgehead atoms. The molecule has 1 atom stereocenters. The molecule has 1 aromatic rings. The second-order valence-electron chi connectivity index (χ2n) is 3.89. The van der Waals surface area contributed by atoms with Gasteiger partial charge < -0.3 is 15.5 Å². The van der Waals surface area contributed by atoms with Gasteiger partial charge in [0.1, 0.15) is 17.4 Å². The van der Waals surface area contributed by atoms with Crippen molar-refractivity contribution in [2.45, 2.75) is 12.5 Å². The van der Waals surface area contributed by atoms with Crippen LogP contribution in [-0.2, 0) is 4.79 Å². The Hall–Kier alpha value is -2.62. The Balaban J connectivity index is 3.15. The maximum absolute atomic E-state index is 13.7. The Morgan fingerprint density at radius 3 is 2.48 bits per heavy atom. The Labute approximate surface area is 116 Å². The summed E-state index contributed by atoms with van der Waals surface area (Å²) in [5.41, 5.74) is -2.37. The van der Waals surface area contributed by atoms with Crippen LogP contribution in [0.15, 0.2) is 12.1 Å². The molecule has 0 saturated heterocycles. The average Bonchev–Trinajstić information content (AvgIpc) is 2.37. The van der Waals surface area contributed by atoms with Crippen LogP contribution in [0.2, 0.25) is 0 Å². The smallest absolute Gasteiger partial charge is 0.326 e. The lowest BCUT2D eigenvalue weighted by Gasteiger charge is -2.13. The summed E-state index contributed by atoms with van der Waals surface area (Å²) in [7, 11) is 0. The molecule has 114 valence electrons. The summed E-state index contributed by atoms with van der Waals surface area (Å²) in [6.45, 7) is -0.586. The average molecular weight is 304 g/mol. The zero-order valence-corrected chi connectivity index (χ0v) is 10.4. The Kier molecular flexibility index (Phi) is 5.24. The normalized spacial score (nSPS) is 11.8. The molecule has 1 amide bonds. The second kappa shape index (κ2) is 6.70. The van der Waals surface area contributed by atoms with Crippen LogP contribution >= 0.6 is 0 Å². The summed E-state index contributed by atoms with van der Waals surface area (Å²) in [6, 6.07) is -0.512. The van der Waals surface area contributed by atoms with Gasteiger partial charge in [0.05, 0.1) is 4.92 Å². The zero-order valence-electron chi connectivity index (χ0n) is 10.4. The lowest BCUT2D eigenvalue weighted by Crippen LogP contribution is -2.42. The maximum atomic E-state index is 13.7. The van der Waals surface area contributed by atoms with Gasteiger partial charge in [-0.2, -0.15) is 4.39 Å². The number of carboxylic acid groups (broad SMARTS) is 1. The highest BCUT2D eigenvalue weighted by molar-refractivity contribution is 5.97. The molecule has 0 saturated carbocycles. The first-order valence-corrected chi connectivity index (χ1v) is 5.56. The molecule has 0 spiro atoms. The lowest BCUT2D eigenvalue weighted by atomic mass is 10.1. The monoisotopic (exact) mass is 304 g/mol. The van der Waals surface area contributed by atoms with Crippen molar-refractivity contribution in [1.29, 1.82) is 0 Å². The SMILES string of the molecule is O=C(NC(CCO)C(=O)O)c1c(F)ccc([N+](=O)[O-])c1F. The minimum Gasteiger partial charge on any atom is -0.480 e. The van der Waals surface area contributed by atoms with Crippen molar-refractivity contribution in [3.8, 4) is 0 Å². The maximum Gasteiger partial charge on any atom is 0.326 e. The van der Waals surface area contributed by atoms with Gasteiger partial charge in [0, 0.05) is 19.1 Å². The fourth-order valence-electron chi connectivity index (χ4n) is 1.51. The fraction of sp³-hybridized carbons (Fsp3) is 0.273. The largest absolute Gasteiger partial charge is 0.480 e. The number of halogens is 2.